The lowest BCUT2D eigenvalue weighted by atomic mass is 10.0. The number of thioether (sulfide) groups is 1. The van der Waals surface area contributed by atoms with Gasteiger partial charge in [-0.15, -0.1) is 11.8 Å². The van der Waals surface area contributed by atoms with Gasteiger partial charge in [-0.05, 0) is 18.4 Å². The number of nitrogens with one attached hydrogen (secondary N) is 1. The van der Waals surface area contributed by atoms with Crippen molar-refractivity contribution in [3.63, 3.8) is 0 Å². The highest BCUT2D eigenvalue weighted by atomic mass is 32.2. The minimum atomic E-state index is -0.933. The number of pyridine rings is 1. The molecule has 6 heteroatoms. The second kappa shape index (κ2) is 5.69. The molecule has 2 rings (SSSR count). The van der Waals surface area contributed by atoms with Crippen molar-refractivity contribution in [1.29, 1.82) is 0 Å². The van der Waals surface area contributed by atoms with Crippen molar-refractivity contribution in [2.75, 3.05) is 26.0 Å². The van der Waals surface area contributed by atoms with Gasteiger partial charge in [0.05, 0.1) is 12.2 Å². The van der Waals surface area contributed by atoms with Gasteiger partial charge in [0.1, 0.15) is 10.6 Å². The molecule has 18 heavy (non-hydrogen) atoms. The summed E-state index contributed by atoms with van der Waals surface area (Å²) in [6.07, 6.45) is 4.08. The largest absolute Gasteiger partial charge is 0.386 e. The molecule has 1 aliphatic rings. The van der Waals surface area contributed by atoms with Crippen LogP contribution in [0.3, 0.4) is 0 Å². The molecule has 2 heterocycles. The summed E-state index contributed by atoms with van der Waals surface area (Å²) in [7, 11) is 0. The Balaban J connectivity index is 1.99. The van der Waals surface area contributed by atoms with Crippen molar-refractivity contribution in [2.24, 2.45) is 0 Å². The Labute approximate surface area is 110 Å². The molecular weight excluding hydrogens is 252 g/mol. The fraction of sp³-hybridized carbons (Fsp3) is 0.500. The van der Waals surface area contributed by atoms with E-state index in [1.807, 2.05) is 6.26 Å². The summed E-state index contributed by atoms with van der Waals surface area (Å²) in [5, 5.41) is 13.5. The maximum atomic E-state index is 12.0. The number of hydrogen-bond donors (Lipinski definition) is 2. The minimum Gasteiger partial charge on any atom is -0.386 e. The van der Waals surface area contributed by atoms with Gasteiger partial charge in [0.2, 0.25) is 0 Å². The van der Waals surface area contributed by atoms with Gasteiger partial charge < -0.3 is 15.2 Å². The van der Waals surface area contributed by atoms with Crippen molar-refractivity contribution in [3.05, 3.63) is 23.9 Å². The quantitative estimate of drug-likeness (QED) is 0.786. The highest BCUT2D eigenvalue weighted by Gasteiger charge is 2.32. The molecule has 1 atom stereocenters. The van der Waals surface area contributed by atoms with E-state index in [0.29, 0.717) is 23.6 Å². The van der Waals surface area contributed by atoms with E-state index in [4.69, 9.17) is 4.74 Å². The Morgan fingerprint density at radius 2 is 2.56 bits per heavy atom. The van der Waals surface area contributed by atoms with Crippen LogP contribution in [-0.4, -0.2) is 47.6 Å². The second-order valence-corrected chi connectivity index (χ2v) is 5.06. The second-order valence-electron chi connectivity index (χ2n) is 4.27. The molecule has 1 fully saturated rings. The molecule has 0 bridgehead atoms. The average molecular weight is 268 g/mol. The van der Waals surface area contributed by atoms with Gasteiger partial charge in [-0.2, -0.15) is 0 Å². The molecule has 1 amide bonds. The number of ether oxygens (including phenoxy) is 1. The summed E-state index contributed by atoms with van der Waals surface area (Å²) in [5.41, 5.74) is -0.398. The Hall–Kier alpha value is -1.11. The van der Waals surface area contributed by atoms with Crippen LogP contribution in [0.1, 0.15) is 16.8 Å². The summed E-state index contributed by atoms with van der Waals surface area (Å²) in [4.78, 5) is 16.1. The lowest BCUT2D eigenvalue weighted by Gasteiger charge is -2.20. The summed E-state index contributed by atoms with van der Waals surface area (Å²) >= 11 is 1.42. The highest BCUT2D eigenvalue weighted by Crippen LogP contribution is 2.19. The lowest BCUT2D eigenvalue weighted by Crippen LogP contribution is -2.43. The molecule has 0 aromatic carbocycles. The first kappa shape index (κ1) is 13.3. The van der Waals surface area contributed by atoms with Gasteiger partial charge in [-0.3, -0.25) is 4.79 Å². The predicted molar refractivity (Wildman–Crippen MR) is 68.7 cm³/mol. The van der Waals surface area contributed by atoms with Crippen molar-refractivity contribution >= 4 is 17.7 Å². The molecular formula is C12H16N2O3S. The SMILES string of the molecule is CSc1ncccc1C(=O)NCC1(O)CCOC1. The molecule has 0 radical (unpaired) electrons. The predicted octanol–water partition coefficient (Wildman–Crippen LogP) is 0.685. The number of amides is 1. The first-order valence-corrected chi connectivity index (χ1v) is 6.94. The van der Waals surface area contributed by atoms with Gasteiger partial charge in [0.15, 0.2) is 0 Å². The number of carbonyl (C=O) groups excluding carboxylic acids is 1. The van der Waals surface area contributed by atoms with Gasteiger partial charge in [-0.1, -0.05) is 0 Å². The summed E-state index contributed by atoms with van der Waals surface area (Å²) in [6.45, 7) is 1.01. The van der Waals surface area contributed by atoms with Crippen LogP contribution in [0, 0.1) is 0 Å². The molecule has 0 saturated carbocycles. The van der Waals surface area contributed by atoms with E-state index in [1.165, 1.54) is 11.8 Å². The van der Waals surface area contributed by atoms with Crippen LogP contribution in [0.15, 0.2) is 23.4 Å². The summed E-state index contributed by atoms with van der Waals surface area (Å²) in [5.74, 6) is -0.215. The molecule has 5 nitrogen and oxygen atoms in total. The van der Waals surface area contributed by atoms with Gasteiger partial charge in [-0.25, -0.2) is 4.98 Å². The van der Waals surface area contributed by atoms with Crippen molar-refractivity contribution in [1.82, 2.24) is 10.3 Å². The fourth-order valence-electron chi connectivity index (χ4n) is 1.80. The Morgan fingerprint density at radius 3 is 3.22 bits per heavy atom. The maximum Gasteiger partial charge on any atom is 0.254 e. The number of hydrogen-bond acceptors (Lipinski definition) is 5. The van der Waals surface area contributed by atoms with Crippen molar-refractivity contribution in [3.8, 4) is 0 Å². The summed E-state index contributed by atoms with van der Waals surface area (Å²) < 4.78 is 5.13. The first-order chi connectivity index (χ1) is 8.64. The van der Waals surface area contributed by atoms with E-state index >= 15 is 0 Å². The smallest absolute Gasteiger partial charge is 0.254 e. The number of aromatic nitrogens is 1. The van der Waals surface area contributed by atoms with Crippen LogP contribution < -0.4 is 5.32 Å². The zero-order valence-electron chi connectivity index (χ0n) is 10.2. The topological polar surface area (TPSA) is 71.5 Å². The van der Waals surface area contributed by atoms with Crippen LogP contribution in [0.25, 0.3) is 0 Å². The zero-order valence-corrected chi connectivity index (χ0v) is 11.0. The van der Waals surface area contributed by atoms with Gasteiger partial charge >= 0.3 is 0 Å². The third-order valence-electron chi connectivity index (χ3n) is 2.87. The van der Waals surface area contributed by atoms with Crippen LogP contribution >= 0.6 is 11.8 Å². The maximum absolute atomic E-state index is 12.0. The Morgan fingerprint density at radius 1 is 1.72 bits per heavy atom. The van der Waals surface area contributed by atoms with Crippen molar-refractivity contribution < 1.29 is 14.6 Å². The van der Waals surface area contributed by atoms with E-state index in [1.54, 1.807) is 18.3 Å². The van der Waals surface area contributed by atoms with E-state index in [2.05, 4.69) is 10.3 Å². The fourth-order valence-corrected chi connectivity index (χ4v) is 2.35. The van der Waals surface area contributed by atoms with Gasteiger partial charge in [0.25, 0.3) is 5.91 Å². The van der Waals surface area contributed by atoms with E-state index < -0.39 is 5.60 Å². The Bertz CT molecular complexity index is 433. The third kappa shape index (κ3) is 3.01. The summed E-state index contributed by atoms with van der Waals surface area (Å²) in [6, 6.07) is 3.45. The molecule has 0 spiro atoms. The molecule has 1 saturated heterocycles. The van der Waals surface area contributed by atoms with Crippen LogP contribution in [0.4, 0.5) is 0 Å². The molecule has 1 aliphatic heterocycles. The van der Waals surface area contributed by atoms with E-state index in [-0.39, 0.29) is 19.1 Å². The normalized spacial score (nSPS) is 23.0. The number of aliphatic hydroxyl groups is 1. The average Bonchev–Trinajstić information content (AvgIpc) is 2.83. The first-order valence-electron chi connectivity index (χ1n) is 5.72. The molecule has 0 aliphatic carbocycles. The molecule has 1 aromatic heterocycles. The van der Waals surface area contributed by atoms with E-state index in [9.17, 15) is 9.90 Å². The van der Waals surface area contributed by atoms with Crippen molar-refractivity contribution in [2.45, 2.75) is 17.0 Å². The van der Waals surface area contributed by atoms with Crippen LogP contribution in [-0.2, 0) is 4.74 Å². The van der Waals surface area contributed by atoms with Gasteiger partial charge in [0, 0.05) is 25.8 Å². The zero-order chi connectivity index (χ0) is 13.0. The number of nitrogens with zero attached hydrogens (tertiary/aromatic N) is 1. The minimum absolute atomic E-state index is 0.203. The number of rotatable bonds is 4. The number of carbonyl (C=O) groups is 1. The standard InChI is InChI=1S/C12H16N2O3S/c1-18-11-9(3-2-5-13-11)10(15)14-7-12(16)4-6-17-8-12/h2-3,5,16H,4,6-8H2,1H3,(H,14,15). The monoisotopic (exact) mass is 268 g/mol. The third-order valence-corrected chi connectivity index (χ3v) is 3.58. The molecule has 2 N–H and O–H groups in total. The molecule has 98 valence electrons. The van der Waals surface area contributed by atoms with E-state index in [0.717, 1.165) is 0 Å². The lowest BCUT2D eigenvalue weighted by molar-refractivity contribution is 0.0264. The highest BCUT2D eigenvalue weighted by molar-refractivity contribution is 7.98. The van der Waals surface area contributed by atoms with Crippen LogP contribution in [0.5, 0.6) is 0 Å². The Kier molecular flexibility index (Phi) is 4.21. The molecule has 1 aromatic rings. The van der Waals surface area contributed by atoms with Crippen LogP contribution in [0.2, 0.25) is 0 Å². The molecule has 1 unspecified atom stereocenters.